The minimum atomic E-state index is -4.74. The van der Waals surface area contributed by atoms with Crippen LogP contribution in [0.15, 0.2) is 95.4 Å². The van der Waals surface area contributed by atoms with E-state index < -0.39 is 23.7 Å². The van der Waals surface area contributed by atoms with Crippen molar-refractivity contribution in [1.29, 1.82) is 0 Å². The zero-order valence-electron chi connectivity index (χ0n) is 21.6. The SMILES string of the molecule is NC(=O)c1sc2nc(C(F)(F)F)cc(-c3ccccc3)c2c1NC(=O)c1ccc(COc2cccc3ccccc23)o1. The van der Waals surface area contributed by atoms with E-state index in [4.69, 9.17) is 14.9 Å². The molecule has 0 unspecified atom stereocenters. The number of carbonyl (C=O) groups excluding carboxylic acids is 2. The van der Waals surface area contributed by atoms with Crippen molar-refractivity contribution in [3.05, 3.63) is 113 Å². The number of ether oxygens (including phenoxy) is 1. The summed E-state index contributed by atoms with van der Waals surface area (Å²) in [4.78, 5) is 29.1. The number of hydrogen-bond donors (Lipinski definition) is 2. The quantitative estimate of drug-likeness (QED) is 0.199. The number of nitrogens with two attached hydrogens (primary N) is 1. The Morgan fingerprint density at radius 2 is 1.69 bits per heavy atom. The molecule has 0 saturated heterocycles. The van der Waals surface area contributed by atoms with Crippen molar-refractivity contribution in [2.45, 2.75) is 12.8 Å². The molecule has 2 amide bonds. The molecule has 0 spiro atoms. The number of anilines is 1. The molecule has 3 aromatic carbocycles. The molecule has 3 aromatic heterocycles. The van der Waals surface area contributed by atoms with Gasteiger partial charge in [-0.2, -0.15) is 13.2 Å². The molecule has 6 aromatic rings. The van der Waals surface area contributed by atoms with E-state index in [1.54, 1.807) is 36.4 Å². The minimum absolute atomic E-state index is 0.0392. The summed E-state index contributed by atoms with van der Waals surface area (Å²) in [6.45, 7) is 0.0392. The maximum Gasteiger partial charge on any atom is 0.433 e. The fourth-order valence-electron chi connectivity index (χ4n) is 4.60. The first-order valence-corrected chi connectivity index (χ1v) is 13.4. The number of thiophene rings is 1. The van der Waals surface area contributed by atoms with Crippen LogP contribution in [-0.4, -0.2) is 16.8 Å². The van der Waals surface area contributed by atoms with Crippen LogP contribution in [0.25, 0.3) is 32.1 Å². The first-order valence-electron chi connectivity index (χ1n) is 12.6. The summed E-state index contributed by atoms with van der Waals surface area (Å²) in [6, 6.07) is 25.6. The van der Waals surface area contributed by atoms with Crippen LogP contribution in [0.3, 0.4) is 0 Å². The zero-order chi connectivity index (χ0) is 29.4. The van der Waals surface area contributed by atoms with Crippen molar-refractivity contribution in [2.24, 2.45) is 5.73 Å². The number of aromatic nitrogens is 1. The molecule has 7 nitrogen and oxygen atoms in total. The monoisotopic (exact) mass is 587 g/mol. The second-order valence-corrected chi connectivity index (χ2v) is 10.3. The van der Waals surface area contributed by atoms with Gasteiger partial charge >= 0.3 is 6.18 Å². The Kier molecular flexibility index (Phi) is 6.87. The molecule has 0 fully saturated rings. The van der Waals surface area contributed by atoms with Crippen LogP contribution in [0, 0.1) is 0 Å². The number of furan rings is 1. The van der Waals surface area contributed by atoms with Crippen molar-refractivity contribution in [1.82, 2.24) is 4.98 Å². The summed E-state index contributed by atoms with van der Waals surface area (Å²) in [5, 5.41) is 4.71. The van der Waals surface area contributed by atoms with Crippen molar-refractivity contribution in [3.63, 3.8) is 0 Å². The van der Waals surface area contributed by atoms with Crippen molar-refractivity contribution >= 4 is 49.8 Å². The second kappa shape index (κ2) is 10.7. The number of hydrogen-bond acceptors (Lipinski definition) is 6. The van der Waals surface area contributed by atoms with E-state index in [-0.39, 0.29) is 38.7 Å². The van der Waals surface area contributed by atoms with Gasteiger partial charge in [0.25, 0.3) is 11.8 Å². The summed E-state index contributed by atoms with van der Waals surface area (Å²) in [7, 11) is 0. The molecule has 3 heterocycles. The van der Waals surface area contributed by atoms with Gasteiger partial charge in [0.05, 0.1) is 5.69 Å². The Morgan fingerprint density at radius 1 is 0.952 bits per heavy atom. The van der Waals surface area contributed by atoms with Gasteiger partial charge < -0.3 is 20.2 Å². The van der Waals surface area contributed by atoms with Crippen molar-refractivity contribution in [2.75, 3.05) is 5.32 Å². The lowest BCUT2D eigenvalue weighted by atomic mass is 10.0. The summed E-state index contributed by atoms with van der Waals surface area (Å²) in [6.07, 6.45) is -4.74. The van der Waals surface area contributed by atoms with Gasteiger partial charge in [-0.05, 0) is 40.8 Å². The van der Waals surface area contributed by atoms with E-state index >= 15 is 0 Å². The van der Waals surface area contributed by atoms with E-state index in [2.05, 4.69) is 10.3 Å². The summed E-state index contributed by atoms with van der Waals surface area (Å²) in [5.41, 5.74) is 4.97. The van der Waals surface area contributed by atoms with Gasteiger partial charge in [-0.1, -0.05) is 66.7 Å². The van der Waals surface area contributed by atoms with Crippen LogP contribution >= 0.6 is 11.3 Å². The molecule has 3 N–H and O–H groups in total. The number of fused-ring (bicyclic) bond motifs is 2. The standard InChI is InChI=1S/C31H20F3N3O4S/c32-31(33,34)24-15-21(18-7-2-1-3-8-18)25-26(27(28(35)38)42-30(25)36-24)37-29(39)23-14-13-19(41-23)16-40-22-12-6-10-17-9-4-5-11-20(17)22/h1-15H,16H2,(H2,35,38)(H,37,39). The Hall–Kier alpha value is -5.16. The number of halogens is 3. The lowest BCUT2D eigenvalue weighted by Gasteiger charge is -2.12. The maximum atomic E-state index is 13.7. The summed E-state index contributed by atoms with van der Waals surface area (Å²) < 4.78 is 52.8. The lowest BCUT2D eigenvalue weighted by Crippen LogP contribution is -2.16. The van der Waals surface area contributed by atoms with Gasteiger partial charge in [-0.25, -0.2) is 4.98 Å². The molecule has 11 heteroatoms. The van der Waals surface area contributed by atoms with Gasteiger partial charge in [0.1, 0.15) is 33.5 Å². The second-order valence-electron chi connectivity index (χ2n) is 9.26. The molecule has 0 aliphatic carbocycles. The number of carbonyl (C=O) groups is 2. The molecule has 0 saturated carbocycles. The molecule has 0 aliphatic rings. The zero-order valence-corrected chi connectivity index (χ0v) is 22.4. The smallest absolute Gasteiger partial charge is 0.433 e. The highest BCUT2D eigenvalue weighted by atomic mass is 32.1. The molecule has 210 valence electrons. The Balaban J connectivity index is 1.33. The molecular weight excluding hydrogens is 567 g/mol. The average Bonchev–Trinajstić information content (AvgIpc) is 3.61. The number of nitrogens with one attached hydrogen (secondary N) is 1. The minimum Gasteiger partial charge on any atom is -0.485 e. The molecule has 0 bridgehead atoms. The van der Waals surface area contributed by atoms with Crippen LogP contribution < -0.4 is 15.8 Å². The van der Waals surface area contributed by atoms with Crippen LogP contribution in [-0.2, 0) is 12.8 Å². The van der Waals surface area contributed by atoms with Crippen LogP contribution in [0.4, 0.5) is 18.9 Å². The third-order valence-electron chi connectivity index (χ3n) is 6.50. The summed E-state index contributed by atoms with van der Waals surface area (Å²) in [5.74, 6) is -0.746. The van der Waals surface area contributed by atoms with E-state index in [1.165, 1.54) is 6.07 Å². The Labute approximate surface area is 240 Å². The van der Waals surface area contributed by atoms with Gasteiger partial charge in [0, 0.05) is 10.8 Å². The number of pyridine rings is 1. The average molecular weight is 588 g/mol. The molecule has 42 heavy (non-hydrogen) atoms. The molecular formula is C31H20F3N3O4S. The molecule has 0 radical (unpaired) electrons. The van der Waals surface area contributed by atoms with E-state index in [1.807, 2.05) is 42.5 Å². The lowest BCUT2D eigenvalue weighted by molar-refractivity contribution is -0.140. The fraction of sp³-hybridized carbons (Fsp3) is 0.0645. The highest BCUT2D eigenvalue weighted by molar-refractivity contribution is 7.21. The topological polar surface area (TPSA) is 107 Å². The number of benzene rings is 3. The molecule has 6 rings (SSSR count). The molecule has 0 atom stereocenters. The first-order chi connectivity index (χ1) is 20.2. The van der Waals surface area contributed by atoms with Crippen molar-refractivity contribution < 1.29 is 31.9 Å². The van der Waals surface area contributed by atoms with Gasteiger partial charge in [-0.3, -0.25) is 9.59 Å². The van der Waals surface area contributed by atoms with Crippen LogP contribution in [0.2, 0.25) is 0 Å². The van der Waals surface area contributed by atoms with Gasteiger partial charge in [-0.15, -0.1) is 11.3 Å². The van der Waals surface area contributed by atoms with E-state index in [0.717, 1.165) is 16.8 Å². The van der Waals surface area contributed by atoms with Gasteiger partial charge in [0.2, 0.25) is 0 Å². The third-order valence-corrected chi connectivity index (χ3v) is 7.60. The number of rotatable bonds is 7. The largest absolute Gasteiger partial charge is 0.485 e. The van der Waals surface area contributed by atoms with Crippen LogP contribution in [0.5, 0.6) is 5.75 Å². The predicted octanol–water partition coefficient (Wildman–Crippen LogP) is 7.66. The predicted molar refractivity (Wildman–Crippen MR) is 154 cm³/mol. The number of primary amides is 1. The van der Waals surface area contributed by atoms with E-state index in [9.17, 15) is 22.8 Å². The number of alkyl halides is 3. The van der Waals surface area contributed by atoms with Crippen molar-refractivity contribution in [3.8, 4) is 16.9 Å². The van der Waals surface area contributed by atoms with Gasteiger partial charge in [0.15, 0.2) is 5.76 Å². The molecule has 0 aliphatic heterocycles. The van der Waals surface area contributed by atoms with E-state index in [0.29, 0.717) is 28.4 Å². The number of nitrogens with zero attached hydrogens (tertiary/aromatic N) is 1. The maximum absolute atomic E-state index is 13.7. The first kappa shape index (κ1) is 27.0. The number of amides is 2. The summed E-state index contributed by atoms with van der Waals surface area (Å²) >= 11 is 0.669. The van der Waals surface area contributed by atoms with Crippen LogP contribution in [0.1, 0.15) is 31.7 Å². The Bertz CT molecular complexity index is 1960. The third kappa shape index (κ3) is 5.17. The highest BCUT2D eigenvalue weighted by Gasteiger charge is 2.35. The highest BCUT2D eigenvalue weighted by Crippen LogP contribution is 2.43. The Morgan fingerprint density at radius 3 is 2.45 bits per heavy atom. The fourth-order valence-corrected chi connectivity index (χ4v) is 5.61. The normalized spacial score (nSPS) is 11.6.